The second-order valence-corrected chi connectivity index (χ2v) is 7.86. The van der Waals surface area contributed by atoms with Crippen molar-refractivity contribution in [2.45, 2.75) is 59.2 Å². The third-order valence-corrected chi connectivity index (χ3v) is 5.43. The summed E-state index contributed by atoms with van der Waals surface area (Å²) >= 11 is 0. The van der Waals surface area contributed by atoms with E-state index >= 15 is 0 Å². The summed E-state index contributed by atoms with van der Waals surface area (Å²) in [6.07, 6.45) is 0.534. The summed E-state index contributed by atoms with van der Waals surface area (Å²) in [5, 5.41) is 5.77. The second kappa shape index (κ2) is 9.04. The molecule has 0 heterocycles. The molecule has 0 aromatic heterocycles. The van der Waals surface area contributed by atoms with E-state index in [2.05, 4.69) is 10.6 Å². The van der Waals surface area contributed by atoms with Crippen molar-refractivity contribution in [1.82, 2.24) is 5.32 Å². The van der Waals surface area contributed by atoms with E-state index in [0.717, 1.165) is 11.3 Å². The number of anilines is 1. The molecule has 27 heavy (non-hydrogen) atoms. The van der Waals surface area contributed by atoms with Crippen LogP contribution in [0.5, 0.6) is 0 Å². The first-order chi connectivity index (χ1) is 12.1. The first-order valence-electron chi connectivity index (χ1n) is 9.20. The summed E-state index contributed by atoms with van der Waals surface area (Å²) in [5.74, 6) is -0.246. The minimum absolute atomic E-state index is 0. The molecule has 7 heteroatoms. The molecule has 0 bridgehead atoms. The Hall–Kier alpha value is -1.63. The van der Waals surface area contributed by atoms with E-state index in [1.54, 1.807) is 0 Å². The van der Waals surface area contributed by atoms with Gasteiger partial charge in [-0.25, -0.2) is 0 Å². The molecule has 1 aromatic carbocycles. The molecular formula is C20H32ClN3O3. The quantitative estimate of drug-likeness (QED) is 0.659. The molecule has 6 nitrogen and oxygen atoms in total. The Labute approximate surface area is 168 Å². The smallest absolute Gasteiger partial charge is 0.241 e. The predicted molar refractivity (Wildman–Crippen MR) is 110 cm³/mol. The van der Waals surface area contributed by atoms with Gasteiger partial charge in [-0.2, -0.15) is 0 Å². The molecule has 0 radical (unpaired) electrons. The number of carbonyl (C=O) groups is 2. The van der Waals surface area contributed by atoms with Gasteiger partial charge in [0, 0.05) is 36.6 Å². The first kappa shape index (κ1) is 23.4. The van der Waals surface area contributed by atoms with Gasteiger partial charge in [0.1, 0.15) is 5.54 Å². The van der Waals surface area contributed by atoms with E-state index in [1.165, 1.54) is 0 Å². The molecule has 2 amide bonds. The first-order valence-corrected chi connectivity index (χ1v) is 9.20. The van der Waals surface area contributed by atoms with E-state index < -0.39 is 11.0 Å². The van der Waals surface area contributed by atoms with E-state index in [-0.39, 0.29) is 36.2 Å². The van der Waals surface area contributed by atoms with E-state index in [4.69, 9.17) is 10.5 Å². The summed E-state index contributed by atoms with van der Waals surface area (Å²) in [5.41, 5.74) is 6.74. The summed E-state index contributed by atoms with van der Waals surface area (Å²) in [6, 6.07) is 7.43. The number of benzene rings is 1. The van der Waals surface area contributed by atoms with Crippen LogP contribution in [0.1, 0.15) is 46.6 Å². The molecule has 4 N–H and O–H groups in total. The zero-order chi connectivity index (χ0) is 19.5. The van der Waals surface area contributed by atoms with Crippen LogP contribution in [0.25, 0.3) is 0 Å². The van der Waals surface area contributed by atoms with Crippen LogP contribution in [0, 0.1) is 11.3 Å². The number of hydrogen-bond acceptors (Lipinski definition) is 4. The average Bonchev–Trinajstić information content (AvgIpc) is 2.60. The number of amides is 2. The molecule has 1 fully saturated rings. The fourth-order valence-corrected chi connectivity index (χ4v) is 3.15. The molecule has 1 saturated carbocycles. The van der Waals surface area contributed by atoms with Crippen LogP contribution < -0.4 is 16.4 Å². The molecule has 0 aliphatic heterocycles. The Balaban J connectivity index is 0.00000364. The van der Waals surface area contributed by atoms with Gasteiger partial charge in [-0.1, -0.05) is 39.8 Å². The van der Waals surface area contributed by atoms with Crippen molar-refractivity contribution in [2.24, 2.45) is 17.1 Å². The van der Waals surface area contributed by atoms with Crippen molar-refractivity contribution in [3.63, 3.8) is 0 Å². The number of halogens is 1. The van der Waals surface area contributed by atoms with Gasteiger partial charge in [-0.3, -0.25) is 9.59 Å². The lowest BCUT2D eigenvalue weighted by Crippen LogP contribution is -2.75. The minimum Gasteiger partial charge on any atom is -0.378 e. The molecule has 0 spiro atoms. The molecule has 2 unspecified atom stereocenters. The lowest BCUT2D eigenvalue weighted by molar-refractivity contribution is -0.170. The molecule has 2 atom stereocenters. The Morgan fingerprint density at radius 3 is 2.33 bits per heavy atom. The van der Waals surface area contributed by atoms with Crippen LogP contribution in [0.3, 0.4) is 0 Å². The van der Waals surface area contributed by atoms with Crippen LogP contribution in [-0.4, -0.2) is 30.1 Å². The van der Waals surface area contributed by atoms with Gasteiger partial charge in [0.15, 0.2) is 0 Å². The molecule has 152 valence electrons. The molecule has 2 rings (SSSR count). The van der Waals surface area contributed by atoms with Gasteiger partial charge in [0.25, 0.3) is 0 Å². The van der Waals surface area contributed by atoms with Crippen LogP contribution >= 0.6 is 12.4 Å². The maximum absolute atomic E-state index is 12.6. The van der Waals surface area contributed by atoms with Crippen molar-refractivity contribution in [1.29, 1.82) is 0 Å². The number of rotatable bonds is 7. The Morgan fingerprint density at radius 1 is 1.26 bits per heavy atom. The largest absolute Gasteiger partial charge is 0.378 e. The Bertz CT molecular complexity index is 661. The van der Waals surface area contributed by atoms with Crippen LogP contribution in [0.2, 0.25) is 0 Å². The van der Waals surface area contributed by atoms with E-state index in [1.807, 2.05) is 58.9 Å². The second-order valence-electron chi connectivity index (χ2n) is 7.86. The summed E-state index contributed by atoms with van der Waals surface area (Å²) in [6.45, 7) is 10.6. The third-order valence-electron chi connectivity index (χ3n) is 5.43. The lowest BCUT2D eigenvalue weighted by atomic mass is 9.54. The normalized spacial score (nSPS) is 23.1. The van der Waals surface area contributed by atoms with Gasteiger partial charge in [-0.05, 0) is 24.6 Å². The zero-order valence-corrected chi connectivity index (χ0v) is 17.6. The number of carbonyl (C=O) groups excluding carboxylic acids is 2. The Morgan fingerprint density at radius 2 is 1.85 bits per heavy atom. The SMILES string of the molecule is CCOC1CC(N)(C(=O)NCc2ccc(NC(=O)C(C)C)cc2)C1(C)C.Cl. The lowest BCUT2D eigenvalue weighted by Gasteiger charge is -2.57. The van der Waals surface area contributed by atoms with Gasteiger partial charge in [0.2, 0.25) is 11.8 Å². The number of nitrogens with one attached hydrogen (secondary N) is 2. The van der Waals surface area contributed by atoms with E-state index in [9.17, 15) is 9.59 Å². The maximum atomic E-state index is 12.6. The zero-order valence-electron chi connectivity index (χ0n) is 16.8. The summed E-state index contributed by atoms with van der Waals surface area (Å²) < 4.78 is 5.67. The van der Waals surface area contributed by atoms with Crippen molar-refractivity contribution >= 4 is 29.9 Å². The molecule has 0 saturated heterocycles. The number of nitrogens with two attached hydrogens (primary N) is 1. The van der Waals surface area contributed by atoms with Crippen LogP contribution in [0.15, 0.2) is 24.3 Å². The summed E-state index contributed by atoms with van der Waals surface area (Å²) in [7, 11) is 0. The van der Waals surface area contributed by atoms with Gasteiger partial charge in [0.05, 0.1) is 6.10 Å². The highest BCUT2D eigenvalue weighted by Crippen LogP contribution is 2.49. The van der Waals surface area contributed by atoms with Crippen molar-refractivity contribution in [3.8, 4) is 0 Å². The van der Waals surface area contributed by atoms with Crippen LogP contribution in [0.4, 0.5) is 5.69 Å². The maximum Gasteiger partial charge on any atom is 0.241 e. The van der Waals surface area contributed by atoms with Gasteiger partial charge in [-0.15, -0.1) is 12.4 Å². The molecule has 1 aromatic rings. The van der Waals surface area contributed by atoms with Crippen LogP contribution in [-0.2, 0) is 20.9 Å². The highest BCUT2D eigenvalue weighted by atomic mass is 35.5. The highest BCUT2D eigenvalue weighted by Gasteiger charge is 2.62. The van der Waals surface area contributed by atoms with Crippen molar-refractivity contribution in [3.05, 3.63) is 29.8 Å². The predicted octanol–water partition coefficient (Wildman–Crippen LogP) is 2.85. The van der Waals surface area contributed by atoms with Crippen molar-refractivity contribution in [2.75, 3.05) is 11.9 Å². The molecule has 1 aliphatic carbocycles. The summed E-state index contributed by atoms with van der Waals surface area (Å²) in [4.78, 5) is 24.3. The minimum atomic E-state index is -0.919. The highest BCUT2D eigenvalue weighted by molar-refractivity contribution is 5.92. The van der Waals surface area contributed by atoms with E-state index in [0.29, 0.717) is 19.6 Å². The fraction of sp³-hybridized carbons (Fsp3) is 0.600. The standard InChI is InChI=1S/C20H31N3O3.ClH/c1-6-26-16-11-20(21,19(16,4)5)18(25)22-12-14-7-9-15(10-8-14)23-17(24)13(2)3;/h7-10,13,16H,6,11-12,21H2,1-5H3,(H,22,25)(H,23,24);1H. The van der Waals surface area contributed by atoms with Crippen molar-refractivity contribution < 1.29 is 14.3 Å². The van der Waals surface area contributed by atoms with Gasteiger partial charge < -0.3 is 21.1 Å². The Kier molecular flexibility index (Phi) is 7.84. The number of hydrogen-bond donors (Lipinski definition) is 3. The third kappa shape index (κ3) is 4.81. The molecule has 1 aliphatic rings. The molecular weight excluding hydrogens is 366 g/mol. The average molecular weight is 398 g/mol. The number of ether oxygens (including phenoxy) is 1. The monoisotopic (exact) mass is 397 g/mol. The topological polar surface area (TPSA) is 93.4 Å². The van der Waals surface area contributed by atoms with Gasteiger partial charge >= 0.3 is 0 Å². The fourth-order valence-electron chi connectivity index (χ4n) is 3.15.